The van der Waals surface area contributed by atoms with E-state index in [2.05, 4.69) is 0 Å². The molecule has 2 aromatic rings. The molecular formula is C13H11F2NO. The number of aryl methyl sites for hydroxylation is 1. The molecule has 0 radical (unpaired) electrons. The minimum Gasteiger partial charge on any atom is -0.452 e. The van der Waals surface area contributed by atoms with Gasteiger partial charge in [-0.15, -0.1) is 0 Å². The van der Waals surface area contributed by atoms with E-state index in [0.717, 1.165) is 17.7 Å². The Morgan fingerprint density at radius 3 is 2.53 bits per heavy atom. The first-order chi connectivity index (χ1) is 8.08. The predicted octanol–water partition coefficient (Wildman–Crippen LogP) is 3.65. The van der Waals surface area contributed by atoms with Crippen LogP contribution in [0.25, 0.3) is 0 Å². The molecule has 0 amide bonds. The molecule has 88 valence electrons. The van der Waals surface area contributed by atoms with Gasteiger partial charge in [-0.2, -0.15) is 0 Å². The minimum atomic E-state index is -0.758. The summed E-state index contributed by atoms with van der Waals surface area (Å²) in [7, 11) is 0. The van der Waals surface area contributed by atoms with E-state index in [1.54, 1.807) is 12.1 Å². The van der Waals surface area contributed by atoms with E-state index in [1.807, 2.05) is 13.0 Å². The first-order valence-corrected chi connectivity index (χ1v) is 5.06. The number of ether oxygens (including phenoxy) is 1. The van der Waals surface area contributed by atoms with Gasteiger partial charge in [0.25, 0.3) is 0 Å². The molecule has 0 aliphatic heterocycles. The Hall–Kier alpha value is -2.10. The Bertz CT molecular complexity index is 555. The fourth-order valence-corrected chi connectivity index (χ4v) is 1.42. The lowest BCUT2D eigenvalue weighted by atomic mass is 10.2. The second kappa shape index (κ2) is 4.41. The Labute approximate surface area is 97.6 Å². The van der Waals surface area contributed by atoms with E-state index < -0.39 is 11.6 Å². The summed E-state index contributed by atoms with van der Waals surface area (Å²) >= 11 is 0. The average Bonchev–Trinajstić information content (AvgIpc) is 2.28. The number of halogens is 2. The zero-order valence-electron chi connectivity index (χ0n) is 9.21. The molecule has 2 N–H and O–H groups in total. The first-order valence-electron chi connectivity index (χ1n) is 5.06. The van der Waals surface area contributed by atoms with E-state index >= 15 is 0 Å². The predicted molar refractivity (Wildman–Crippen MR) is 62.0 cm³/mol. The van der Waals surface area contributed by atoms with Crippen molar-refractivity contribution in [1.29, 1.82) is 0 Å². The highest BCUT2D eigenvalue weighted by Crippen LogP contribution is 2.31. The van der Waals surface area contributed by atoms with Crippen LogP contribution >= 0.6 is 0 Å². The molecule has 2 nitrogen and oxygen atoms in total. The van der Waals surface area contributed by atoms with Crippen LogP contribution < -0.4 is 10.5 Å². The number of anilines is 1. The van der Waals surface area contributed by atoms with Crippen molar-refractivity contribution in [2.75, 3.05) is 5.73 Å². The van der Waals surface area contributed by atoms with Crippen LogP contribution in [0.3, 0.4) is 0 Å². The molecule has 0 spiro atoms. The lowest BCUT2D eigenvalue weighted by molar-refractivity contribution is 0.439. The maximum atomic E-state index is 13.4. The van der Waals surface area contributed by atoms with E-state index in [1.165, 1.54) is 6.07 Å². The van der Waals surface area contributed by atoms with Crippen molar-refractivity contribution in [1.82, 2.24) is 0 Å². The molecule has 0 aliphatic rings. The highest BCUT2D eigenvalue weighted by Gasteiger charge is 2.09. The highest BCUT2D eigenvalue weighted by molar-refractivity contribution is 5.59. The highest BCUT2D eigenvalue weighted by atomic mass is 19.1. The van der Waals surface area contributed by atoms with Crippen LogP contribution in [-0.4, -0.2) is 0 Å². The second-order valence-electron chi connectivity index (χ2n) is 3.66. The Kier molecular flexibility index (Phi) is 2.95. The van der Waals surface area contributed by atoms with Gasteiger partial charge in [0, 0.05) is 6.07 Å². The Morgan fingerprint density at radius 1 is 1.06 bits per heavy atom. The lowest BCUT2D eigenvalue weighted by Gasteiger charge is -2.10. The number of hydrogen-bond donors (Lipinski definition) is 1. The van der Waals surface area contributed by atoms with Gasteiger partial charge in [0.1, 0.15) is 5.82 Å². The van der Waals surface area contributed by atoms with Gasteiger partial charge in [0.15, 0.2) is 17.3 Å². The maximum Gasteiger partial charge on any atom is 0.168 e. The monoisotopic (exact) mass is 235 g/mol. The summed E-state index contributed by atoms with van der Waals surface area (Å²) in [5.74, 6) is -1.10. The fraction of sp³-hybridized carbons (Fsp3) is 0.0769. The van der Waals surface area contributed by atoms with E-state index in [4.69, 9.17) is 10.5 Å². The summed E-state index contributed by atoms with van der Waals surface area (Å²) < 4.78 is 31.4. The van der Waals surface area contributed by atoms with Crippen LogP contribution in [0.2, 0.25) is 0 Å². The van der Waals surface area contributed by atoms with Crippen molar-refractivity contribution in [3.8, 4) is 11.5 Å². The molecule has 0 aromatic heterocycles. The van der Waals surface area contributed by atoms with Crippen LogP contribution in [0.4, 0.5) is 14.5 Å². The quantitative estimate of drug-likeness (QED) is 0.806. The van der Waals surface area contributed by atoms with Gasteiger partial charge in [-0.25, -0.2) is 8.78 Å². The van der Waals surface area contributed by atoms with Gasteiger partial charge in [-0.05, 0) is 30.7 Å². The van der Waals surface area contributed by atoms with E-state index in [-0.39, 0.29) is 5.75 Å². The van der Waals surface area contributed by atoms with Crippen LogP contribution in [0.1, 0.15) is 5.56 Å². The standard InChI is InChI=1S/C13H11F2NO/c1-8-3-2-4-12(13(8)16)17-11-6-5-9(14)7-10(11)15/h2-7H,16H2,1H3. The topological polar surface area (TPSA) is 35.2 Å². The normalized spacial score (nSPS) is 10.3. The summed E-state index contributed by atoms with van der Waals surface area (Å²) in [6, 6.07) is 8.33. The summed E-state index contributed by atoms with van der Waals surface area (Å²) in [6.07, 6.45) is 0. The maximum absolute atomic E-state index is 13.4. The molecule has 0 saturated heterocycles. The molecular weight excluding hydrogens is 224 g/mol. The zero-order valence-corrected chi connectivity index (χ0v) is 9.21. The molecule has 0 aliphatic carbocycles. The van der Waals surface area contributed by atoms with Crippen molar-refractivity contribution < 1.29 is 13.5 Å². The van der Waals surface area contributed by atoms with Gasteiger partial charge in [0.2, 0.25) is 0 Å². The molecule has 0 heterocycles. The fourth-order valence-electron chi connectivity index (χ4n) is 1.42. The van der Waals surface area contributed by atoms with E-state index in [0.29, 0.717) is 11.4 Å². The third-order valence-electron chi connectivity index (χ3n) is 2.40. The van der Waals surface area contributed by atoms with Crippen molar-refractivity contribution in [2.24, 2.45) is 0 Å². The van der Waals surface area contributed by atoms with Gasteiger partial charge >= 0.3 is 0 Å². The zero-order chi connectivity index (χ0) is 12.4. The first kappa shape index (κ1) is 11.4. The van der Waals surface area contributed by atoms with Crippen molar-refractivity contribution in [2.45, 2.75) is 6.92 Å². The van der Waals surface area contributed by atoms with E-state index in [9.17, 15) is 8.78 Å². The molecule has 17 heavy (non-hydrogen) atoms. The van der Waals surface area contributed by atoms with Gasteiger partial charge in [-0.1, -0.05) is 12.1 Å². The second-order valence-corrected chi connectivity index (χ2v) is 3.66. The SMILES string of the molecule is Cc1cccc(Oc2ccc(F)cc2F)c1N. The summed E-state index contributed by atoms with van der Waals surface area (Å²) in [5.41, 5.74) is 7.07. The lowest BCUT2D eigenvalue weighted by Crippen LogP contribution is -1.96. The van der Waals surface area contributed by atoms with Crippen LogP contribution in [0, 0.1) is 18.6 Å². The molecule has 0 atom stereocenters. The molecule has 0 saturated carbocycles. The smallest absolute Gasteiger partial charge is 0.168 e. The number of nitrogens with two attached hydrogens (primary N) is 1. The molecule has 2 rings (SSSR count). The van der Waals surface area contributed by atoms with Gasteiger partial charge in [0.05, 0.1) is 5.69 Å². The molecule has 0 bridgehead atoms. The van der Waals surface area contributed by atoms with Crippen molar-refractivity contribution >= 4 is 5.69 Å². The molecule has 0 unspecified atom stereocenters. The number of hydrogen-bond acceptors (Lipinski definition) is 2. The summed E-state index contributed by atoms with van der Waals surface area (Å²) in [4.78, 5) is 0. The van der Waals surface area contributed by atoms with Crippen LogP contribution in [-0.2, 0) is 0 Å². The third-order valence-corrected chi connectivity index (χ3v) is 2.40. The number of benzene rings is 2. The summed E-state index contributed by atoms with van der Waals surface area (Å²) in [5, 5.41) is 0. The Morgan fingerprint density at radius 2 is 1.82 bits per heavy atom. The molecule has 4 heteroatoms. The van der Waals surface area contributed by atoms with Crippen LogP contribution in [0.15, 0.2) is 36.4 Å². The van der Waals surface area contributed by atoms with Crippen molar-refractivity contribution in [3.05, 3.63) is 53.6 Å². The summed E-state index contributed by atoms with van der Waals surface area (Å²) in [6.45, 7) is 1.82. The van der Waals surface area contributed by atoms with Crippen LogP contribution in [0.5, 0.6) is 11.5 Å². The van der Waals surface area contributed by atoms with Crippen molar-refractivity contribution in [3.63, 3.8) is 0 Å². The minimum absolute atomic E-state index is 0.0521. The molecule has 2 aromatic carbocycles. The average molecular weight is 235 g/mol. The third kappa shape index (κ3) is 2.36. The number of rotatable bonds is 2. The Balaban J connectivity index is 2.35. The number of para-hydroxylation sites is 1. The number of nitrogen functional groups attached to an aromatic ring is 1. The molecule has 0 fully saturated rings. The van der Waals surface area contributed by atoms with Gasteiger partial charge in [-0.3, -0.25) is 0 Å². The van der Waals surface area contributed by atoms with Gasteiger partial charge < -0.3 is 10.5 Å². The largest absolute Gasteiger partial charge is 0.452 e.